The number of nitrogens with one attached hydrogen (secondary N) is 2. The molecule has 0 fully saturated rings. The van der Waals surface area contributed by atoms with Crippen LogP contribution in [0.5, 0.6) is 5.88 Å². The summed E-state index contributed by atoms with van der Waals surface area (Å²) in [6.45, 7) is -0.00610. The molecule has 0 saturated heterocycles. The van der Waals surface area contributed by atoms with Gasteiger partial charge in [-0.1, -0.05) is 0 Å². The van der Waals surface area contributed by atoms with Crippen LogP contribution in [0, 0.1) is 0 Å². The number of ether oxygens (including phenoxy) is 3. The molecule has 9 heteroatoms. The van der Waals surface area contributed by atoms with E-state index < -0.39 is 24.5 Å². The summed E-state index contributed by atoms with van der Waals surface area (Å²) in [6.07, 6.45) is 1.37. The van der Waals surface area contributed by atoms with Gasteiger partial charge in [-0.15, -0.1) is 0 Å². The van der Waals surface area contributed by atoms with Gasteiger partial charge < -0.3 is 19.5 Å². The molecule has 1 aromatic rings. The largest absolute Gasteiger partial charge is 0.481 e. The van der Waals surface area contributed by atoms with Gasteiger partial charge in [-0.05, 0) is 6.07 Å². The van der Waals surface area contributed by atoms with Gasteiger partial charge in [0.05, 0.1) is 19.3 Å². The summed E-state index contributed by atoms with van der Waals surface area (Å²) in [5.74, 6) is -1.23. The Kier molecular flexibility index (Phi) is 7.34. The molecule has 0 aliphatic heterocycles. The number of methoxy groups -OCH3 is 2. The Hall–Kier alpha value is -2.68. The van der Waals surface area contributed by atoms with E-state index in [-0.39, 0.29) is 18.0 Å². The van der Waals surface area contributed by atoms with Crippen molar-refractivity contribution >= 4 is 17.9 Å². The first-order chi connectivity index (χ1) is 10.6. The lowest BCUT2D eigenvalue weighted by Crippen LogP contribution is -2.42. The van der Waals surface area contributed by atoms with Crippen molar-refractivity contribution in [1.29, 1.82) is 0 Å². The third kappa shape index (κ3) is 6.18. The van der Waals surface area contributed by atoms with Crippen LogP contribution in [0.3, 0.4) is 0 Å². The maximum absolute atomic E-state index is 11.7. The number of imide groups is 1. The van der Waals surface area contributed by atoms with Gasteiger partial charge in [0.15, 0.2) is 6.61 Å². The molecule has 9 nitrogen and oxygen atoms in total. The first-order valence-corrected chi connectivity index (χ1v) is 6.30. The third-order valence-electron chi connectivity index (χ3n) is 2.36. The Balaban J connectivity index is 2.36. The molecule has 0 bridgehead atoms. The van der Waals surface area contributed by atoms with E-state index in [0.717, 1.165) is 0 Å². The lowest BCUT2D eigenvalue weighted by Gasteiger charge is -2.07. The van der Waals surface area contributed by atoms with E-state index in [2.05, 4.69) is 10.3 Å². The number of aromatic nitrogens is 1. The maximum atomic E-state index is 11.7. The van der Waals surface area contributed by atoms with Gasteiger partial charge >= 0.3 is 12.0 Å². The Labute approximate surface area is 126 Å². The Morgan fingerprint density at radius 2 is 2.05 bits per heavy atom. The van der Waals surface area contributed by atoms with Crippen LogP contribution in [0.1, 0.15) is 10.4 Å². The van der Waals surface area contributed by atoms with Crippen molar-refractivity contribution in [3.8, 4) is 5.88 Å². The zero-order valence-corrected chi connectivity index (χ0v) is 12.3. The third-order valence-corrected chi connectivity index (χ3v) is 2.36. The van der Waals surface area contributed by atoms with Crippen molar-refractivity contribution in [2.75, 3.05) is 34.0 Å². The van der Waals surface area contributed by atoms with Crippen molar-refractivity contribution in [3.05, 3.63) is 23.9 Å². The van der Waals surface area contributed by atoms with E-state index in [1.165, 1.54) is 32.5 Å². The van der Waals surface area contributed by atoms with E-state index in [1.54, 1.807) is 0 Å². The van der Waals surface area contributed by atoms with Gasteiger partial charge in [-0.2, -0.15) is 0 Å². The fourth-order valence-electron chi connectivity index (χ4n) is 1.34. The highest BCUT2D eigenvalue weighted by Crippen LogP contribution is 2.09. The van der Waals surface area contributed by atoms with Crippen LogP contribution in [0.4, 0.5) is 4.79 Å². The zero-order valence-electron chi connectivity index (χ0n) is 12.3. The standard InChI is InChI=1S/C13H17N3O6/c1-20-6-5-15-13(19)16-10(17)8-22-12(18)9-3-4-14-11(7-9)21-2/h3-4,7H,5-6,8H2,1-2H3,(H2,15,16,17,19). The molecule has 1 heterocycles. The molecular formula is C13H17N3O6. The number of carbonyl (C=O) groups excluding carboxylic acids is 3. The molecule has 1 rings (SSSR count). The molecule has 0 spiro atoms. The summed E-state index contributed by atoms with van der Waals surface area (Å²) >= 11 is 0. The van der Waals surface area contributed by atoms with E-state index in [4.69, 9.17) is 14.2 Å². The number of hydrogen-bond donors (Lipinski definition) is 2. The van der Waals surface area contributed by atoms with E-state index in [9.17, 15) is 14.4 Å². The van der Waals surface area contributed by atoms with E-state index in [0.29, 0.717) is 6.61 Å². The van der Waals surface area contributed by atoms with Gasteiger partial charge in [0.2, 0.25) is 5.88 Å². The van der Waals surface area contributed by atoms with Crippen LogP contribution in [0.25, 0.3) is 0 Å². The number of nitrogens with zero attached hydrogens (tertiary/aromatic N) is 1. The van der Waals surface area contributed by atoms with Crippen molar-refractivity contribution in [2.45, 2.75) is 0 Å². The van der Waals surface area contributed by atoms with Gasteiger partial charge in [-0.3, -0.25) is 10.1 Å². The van der Waals surface area contributed by atoms with Crippen molar-refractivity contribution < 1.29 is 28.6 Å². The molecule has 0 aliphatic rings. The predicted octanol–water partition coefficient (Wildman–Crippen LogP) is -0.281. The Bertz CT molecular complexity index is 534. The van der Waals surface area contributed by atoms with E-state index in [1.807, 2.05) is 5.32 Å². The molecule has 1 aromatic heterocycles. The quantitative estimate of drug-likeness (QED) is 0.525. The minimum Gasteiger partial charge on any atom is -0.481 e. The second-order valence-electron chi connectivity index (χ2n) is 3.96. The fourth-order valence-corrected chi connectivity index (χ4v) is 1.34. The molecule has 22 heavy (non-hydrogen) atoms. The highest BCUT2D eigenvalue weighted by molar-refractivity contribution is 5.97. The zero-order chi connectivity index (χ0) is 16.4. The Morgan fingerprint density at radius 3 is 2.73 bits per heavy atom. The molecule has 3 amide bonds. The number of amides is 3. The Morgan fingerprint density at radius 1 is 1.27 bits per heavy atom. The highest BCUT2D eigenvalue weighted by atomic mass is 16.5. The number of pyridine rings is 1. The average molecular weight is 311 g/mol. The normalized spacial score (nSPS) is 9.73. The molecule has 120 valence electrons. The summed E-state index contributed by atoms with van der Waals surface area (Å²) in [7, 11) is 2.89. The summed E-state index contributed by atoms with van der Waals surface area (Å²) in [6, 6.07) is 2.10. The van der Waals surface area contributed by atoms with E-state index >= 15 is 0 Å². The summed E-state index contributed by atoms with van der Waals surface area (Å²) in [5.41, 5.74) is 0.184. The monoisotopic (exact) mass is 311 g/mol. The predicted molar refractivity (Wildman–Crippen MR) is 74.5 cm³/mol. The van der Waals surface area contributed by atoms with Crippen LogP contribution in [0.2, 0.25) is 0 Å². The first-order valence-electron chi connectivity index (χ1n) is 6.30. The first kappa shape index (κ1) is 17.4. The average Bonchev–Trinajstić information content (AvgIpc) is 2.52. The lowest BCUT2D eigenvalue weighted by atomic mass is 10.3. The minimum absolute atomic E-state index is 0.184. The molecule has 0 atom stereocenters. The van der Waals surface area contributed by atoms with Crippen LogP contribution in [-0.2, 0) is 14.3 Å². The lowest BCUT2D eigenvalue weighted by molar-refractivity contribution is -0.123. The van der Waals surface area contributed by atoms with Crippen LogP contribution in [0.15, 0.2) is 18.3 Å². The van der Waals surface area contributed by atoms with Gasteiger partial charge in [0.1, 0.15) is 0 Å². The van der Waals surface area contributed by atoms with Gasteiger partial charge in [0, 0.05) is 25.9 Å². The van der Waals surface area contributed by atoms with Crippen molar-refractivity contribution in [3.63, 3.8) is 0 Å². The number of carbonyl (C=O) groups is 3. The molecule has 0 aliphatic carbocycles. The number of urea groups is 1. The highest BCUT2D eigenvalue weighted by Gasteiger charge is 2.13. The summed E-state index contributed by atoms with van der Waals surface area (Å²) in [4.78, 5) is 38.2. The van der Waals surface area contributed by atoms with Gasteiger partial charge in [-0.25, -0.2) is 14.6 Å². The smallest absolute Gasteiger partial charge is 0.338 e. The van der Waals surface area contributed by atoms with Crippen molar-refractivity contribution in [1.82, 2.24) is 15.6 Å². The number of rotatable bonds is 7. The fraction of sp³-hybridized carbons (Fsp3) is 0.385. The van der Waals surface area contributed by atoms with Gasteiger partial charge in [0.25, 0.3) is 5.91 Å². The topological polar surface area (TPSA) is 116 Å². The summed E-state index contributed by atoms with van der Waals surface area (Å²) in [5, 5.41) is 4.40. The second kappa shape index (κ2) is 9.29. The van der Waals surface area contributed by atoms with Crippen LogP contribution < -0.4 is 15.4 Å². The minimum atomic E-state index is -0.746. The molecule has 2 N–H and O–H groups in total. The maximum Gasteiger partial charge on any atom is 0.338 e. The molecule has 0 unspecified atom stereocenters. The number of hydrogen-bond acceptors (Lipinski definition) is 7. The second-order valence-corrected chi connectivity index (χ2v) is 3.96. The van der Waals surface area contributed by atoms with Crippen LogP contribution >= 0.6 is 0 Å². The molecular weight excluding hydrogens is 294 g/mol. The van der Waals surface area contributed by atoms with Crippen LogP contribution in [-0.4, -0.2) is 56.9 Å². The molecule has 0 radical (unpaired) electrons. The molecule has 0 saturated carbocycles. The summed E-state index contributed by atoms with van der Waals surface area (Å²) < 4.78 is 14.4. The number of esters is 1. The van der Waals surface area contributed by atoms with Crippen molar-refractivity contribution in [2.24, 2.45) is 0 Å². The molecule has 0 aromatic carbocycles. The SMILES string of the molecule is COCCNC(=O)NC(=O)COC(=O)c1ccnc(OC)c1.